The first-order valence-electron chi connectivity index (χ1n) is 3.98. The first kappa shape index (κ1) is 12.1. The Bertz CT molecular complexity index is 424. The number of alkyl halides is 3. The van der Waals surface area contributed by atoms with Crippen molar-refractivity contribution in [1.29, 1.82) is 0 Å². The lowest BCUT2D eigenvalue weighted by Crippen LogP contribution is -2.17. The minimum Gasteiger partial charge on any atom is -0.493 e. The van der Waals surface area contributed by atoms with E-state index in [0.29, 0.717) is 0 Å². The third-order valence-corrected chi connectivity index (χ3v) is 1.55. The van der Waals surface area contributed by atoms with Crippen molar-refractivity contribution in [3.8, 4) is 11.5 Å². The van der Waals surface area contributed by atoms with Gasteiger partial charge >= 0.3 is 6.36 Å². The fourth-order valence-corrected chi connectivity index (χ4v) is 0.992. The lowest BCUT2D eigenvalue weighted by molar-refractivity contribution is -0.275. The Labute approximate surface area is 88.3 Å². The number of methoxy groups -OCH3 is 1. The highest BCUT2D eigenvalue weighted by Crippen LogP contribution is 2.35. The van der Waals surface area contributed by atoms with Gasteiger partial charge in [0.25, 0.3) is 0 Å². The van der Waals surface area contributed by atoms with Crippen LogP contribution in [0.3, 0.4) is 0 Å². The minimum atomic E-state index is -4.84. The fourth-order valence-electron chi connectivity index (χ4n) is 0.992. The van der Waals surface area contributed by atoms with Crippen LogP contribution in [0, 0.1) is 0 Å². The lowest BCUT2D eigenvalue weighted by atomic mass is 10.3. The second-order valence-electron chi connectivity index (χ2n) is 2.59. The predicted octanol–water partition coefficient (Wildman–Crippen LogP) is 2.56. The Morgan fingerprint density at radius 2 is 2.00 bits per heavy atom. The van der Waals surface area contributed by atoms with Gasteiger partial charge < -0.3 is 9.47 Å². The number of carbonyl (C=O) groups excluding carboxylic acids is 1. The Morgan fingerprint density at radius 1 is 1.31 bits per heavy atom. The minimum absolute atomic E-state index is 0.00458. The average Bonchev–Trinajstić information content (AvgIpc) is 2.16. The number of isocyanates is 1. The van der Waals surface area contributed by atoms with Crippen molar-refractivity contribution in [1.82, 2.24) is 0 Å². The van der Waals surface area contributed by atoms with Crippen molar-refractivity contribution in [3.63, 3.8) is 0 Å². The van der Waals surface area contributed by atoms with Gasteiger partial charge in [0.1, 0.15) is 0 Å². The van der Waals surface area contributed by atoms with Gasteiger partial charge in [-0.3, -0.25) is 0 Å². The Morgan fingerprint density at radius 3 is 2.50 bits per heavy atom. The summed E-state index contributed by atoms with van der Waals surface area (Å²) >= 11 is 0. The summed E-state index contributed by atoms with van der Waals surface area (Å²) in [6.45, 7) is 0. The van der Waals surface area contributed by atoms with Crippen LogP contribution < -0.4 is 9.47 Å². The Kier molecular flexibility index (Phi) is 3.52. The summed E-state index contributed by atoms with van der Waals surface area (Å²) in [7, 11) is 1.20. The number of aliphatic imine (C=N–C) groups is 1. The molecule has 0 fully saturated rings. The van der Waals surface area contributed by atoms with Crippen molar-refractivity contribution in [2.24, 2.45) is 4.99 Å². The van der Waals surface area contributed by atoms with E-state index in [1.54, 1.807) is 0 Å². The predicted molar refractivity (Wildman–Crippen MR) is 47.5 cm³/mol. The van der Waals surface area contributed by atoms with Crippen LogP contribution in [-0.2, 0) is 4.79 Å². The van der Waals surface area contributed by atoms with Gasteiger partial charge in [0.15, 0.2) is 11.5 Å². The van der Waals surface area contributed by atoms with E-state index in [1.165, 1.54) is 25.3 Å². The summed E-state index contributed by atoms with van der Waals surface area (Å²) in [6, 6.07) is 3.43. The maximum absolute atomic E-state index is 12.0. The molecule has 0 spiro atoms. The number of hydrogen-bond donors (Lipinski definition) is 0. The molecule has 7 heteroatoms. The van der Waals surface area contributed by atoms with Gasteiger partial charge in [-0.2, -0.15) is 4.99 Å². The van der Waals surface area contributed by atoms with Gasteiger partial charge in [-0.05, 0) is 12.1 Å². The molecule has 0 atom stereocenters. The molecule has 1 aromatic rings. The van der Waals surface area contributed by atoms with Gasteiger partial charge in [0, 0.05) is 6.07 Å². The first-order chi connectivity index (χ1) is 7.46. The lowest BCUT2D eigenvalue weighted by Gasteiger charge is -2.12. The molecule has 86 valence electrons. The highest BCUT2D eigenvalue weighted by atomic mass is 19.4. The molecule has 0 radical (unpaired) electrons. The standard InChI is InChI=1S/C9H6F3NO3/c1-15-7-3-2-6(13-5-14)4-8(7)16-9(10,11)12/h2-4H,1H3. The molecule has 0 aromatic heterocycles. The highest BCUT2D eigenvalue weighted by Gasteiger charge is 2.32. The number of rotatable bonds is 3. The van der Waals surface area contributed by atoms with Crippen molar-refractivity contribution in [3.05, 3.63) is 18.2 Å². The van der Waals surface area contributed by atoms with Crippen LogP contribution in [0.4, 0.5) is 18.9 Å². The molecule has 1 aromatic carbocycles. The van der Waals surface area contributed by atoms with Crippen LogP contribution in [0.15, 0.2) is 23.2 Å². The molecule has 0 aliphatic rings. The summed E-state index contributed by atoms with van der Waals surface area (Å²) in [6.07, 6.45) is -3.63. The second-order valence-corrected chi connectivity index (χ2v) is 2.59. The zero-order chi connectivity index (χ0) is 12.2. The van der Waals surface area contributed by atoms with Gasteiger partial charge in [0.05, 0.1) is 12.8 Å². The highest BCUT2D eigenvalue weighted by molar-refractivity contribution is 5.55. The van der Waals surface area contributed by atoms with E-state index in [2.05, 4.69) is 14.5 Å². The molecule has 1 rings (SSSR count). The molecule has 16 heavy (non-hydrogen) atoms. The van der Waals surface area contributed by atoms with Gasteiger partial charge in [0.2, 0.25) is 6.08 Å². The summed E-state index contributed by atoms with van der Waals surface area (Å²) < 4.78 is 44.3. The fraction of sp³-hybridized carbons (Fsp3) is 0.222. The van der Waals surface area contributed by atoms with Crippen molar-refractivity contribution < 1.29 is 27.4 Å². The van der Waals surface area contributed by atoms with E-state index >= 15 is 0 Å². The Hall–Kier alpha value is -2.01. The summed E-state index contributed by atoms with van der Waals surface area (Å²) in [4.78, 5) is 13.1. The molecule has 0 unspecified atom stereocenters. The maximum Gasteiger partial charge on any atom is 0.573 e. The zero-order valence-corrected chi connectivity index (χ0v) is 8.04. The van der Waals surface area contributed by atoms with Gasteiger partial charge in [-0.1, -0.05) is 0 Å². The van der Waals surface area contributed by atoms with E-state index in [9.17, 15) is 18.0 Å². The largest absolute Gasteiger partial charge is 0.573 e. The molecule has 0 aliphatic carbocycles. The van der Waals surface area contributed by atoms with Crippen LogP contribution in [0.25, 0.3) is 0 Å². The van der Waals surface area contributed by atoms with E-state index in [4.69, 9.17) is 0 Å². The third kappa shape index (κ3) is 3.29. The maximum atomic E-state index is 12.0. The normalized spacial score (nSPS) is 10.5. The summed E-state index contributed by atoms with van der Waals surface area (Å²) in [5.74, 6) is -0.673. The van der Waals surface area contributed by atoms with E-state index < -0.39 is 12.1 Å². The molecule has 0 bridgehead atoms. The molecule has 0 saturated heterocycles. The number of benzene rings is 1. The van der Waals surface area contributed by atoms with E-state index in [1.807, 2.05) is 0 Å². The average molecular weight is 233 g/mol. The van der Waals surface area contributed by atoms with Crippen molar-refractivity contribution in [2.45, 2.75) is 6.36 Å². The first-order valence-corrected chi connectivity index (χ1v) is 3.98. The van der Waals surface area contributed by atoms with Crippen LogP contribution in [0.2, 0.25) is 0 Å². The van der Waals surface area contributed by atoms with Crippen molar-refractivity contribution >= 4 is 11.8 Å². The number of ether oxygens (including phenoxy) is 2. The molecule has 0 amide bonds. The number of halogens is 3. The SMILES string of the molecule is COc1ccc(N=C=O)cc1OC(F)(F)F. The van der Waals surface area contributed by atoms with Gasteiger partial charge in [-0.25, -0.2) is 4.79 Å². The quantitative estimate of drug-likeness (QED) is 0.595. The molecular formula is C9H6F3NO3. The van der Waals surface area contributed by atoms with E-state index in [-0.39, 0.29) is 11.4 Å². The third-order valence-electron chi connectivity index (χ3n) is 1.55. The molecule has 0 saturated carbocycles. The molecule has 0 N–H and O–H groups in total. The van der Waals surface area contributed by atoms with Crippen LogP contribution >= 0.6 is 0 Å². The summed E-state index contributed by atoms with van der Waals surface area (Å²) in [5.41, 5.74) is -0.00458. The molecule has 0 aliphatic heterocycles. The van der Waals surface area contributed by atoms with Gasteiger partial charge in [-0.15, -0.1) is 13.2 Å². The smallest absolute Gasteiger partial charge is 0.493 e. The van der Waals surface area contributed by atoms with Crippen LogP contribution in [0.1, 0.15) is 0 Å². The number of nitrogens with zero attached hydrogens (tertiary/aromatic N) is 1. The summed E-state index contributed by atoms with van der Waals surface area (Å²) in [5, 5.41) is 0. The topological polar surface area (TPSA) is 47.9 Å². The second kappa shape index (κ2) is 4.67. The monoisotopic (exact) mass is 233 g/mol. The molecule has 0 heterocycles. The number of hydrogen-bond acceptors (Lipinski definition) is 4. The van der Waals surface area contributed by atoms with Crippen LogP contribution in [-0.4, -0.2) is 19.6 Å². The zero-order valence-electron chi connectivity index (χ0n) is 8.04. The molecule has 4 nitrogen and oxygen atoms in total. The molecular weight excluding hydrogens is 227 g/mol. The van der Waals surface area contributed by atoms with E-state index in [0.717, 1.165) is 6.07 Å². The Balaban J connectivity index is 3.11. The van der Waals surface area contributed by atoms with Crippen LogP contribution in [0.5, 0.6) is 11.5 Å². The van der Waals surface area contributed by atoms with Crippen molar-refractivity contribution in [2.75, 3.05) is 7.11 Å².